The summed E-state index contributed by atoms with van der Waals surface area (Å²) in [4.78, 5) is 23.0. The number of nitrogens with one attached hydrogen (secondary N) is 2. The molecule has 0 unspecified atom stereocenters. The third-order valence-electron chi connectivity index (χ3n) is 5.00. The molecule has 1 amide bonds. The van der Waals surface area contributed by atoms with Gasteiger partial charge in [-0.2, -0.15) is 0 Å². The van der Waals surface area contributed by atoms with Crippen molar-refractivity contribution in [3.8, 4) is 24.3 Å². The van der Waals surface area contributed by atoms with Crippen LogP contribution in [0.5, 0.6) is 11.5 Å². The summed E-state index contributed by atoms with van der Waals surface area (Å²) in [5.41, 5.74) is 2.53. The Bertz CT molecular complexity index is 1150. The predicted octanol–water partition coefficient (Wildman–Crippen LogP) is 3.62. The van der Waals surface area contributed by atoms with Crippen LogP contribution in [0.2, 0.25) is 5.02 Å². The number of fused-ring (bicyclic) bond motifs is 2. The lowest BCUT2D eigenvalue weighted by Gasteiger charge is -2.20. The Hall–Kier alpha value is -3.54. The van der Waals surface area contributed by atoms with Crippen molar-refractivity contribution in [1.82, 2.24) is 20.2 Å². The number of hydrogen-bond acceptors (Lipinski definition) is 7. The van der Waals surface area contributed by atoms with Crippen LogP contribution in [0.25, 0.3) is 10.9 Å². The Morgan fingerprint density at radius 3 is 2.79 bits per heavy atom. The molecule has 1 aliphatic heterocycles. The molecule has 2 heterocycles. The summed E-state index contributed by atoms with van der Waals surface area (Å²) >= 11 is 6.27. The average Bonchev–Trinajstić information content (AvgIpc) is 2.81. The lowest BCUT2D eigenvalue weighted by molar-refractivity contribution is -0.122. The highest BCUT2D eigenvalue weighted by Gasteiger charge is 2.15. The first-order valence-corrected chi connectivity index (χ1v) is 10.7. The van der Waals surface area contributed by atoms with E-state index in [1.54, 1.807) is 7.11 Å². The van der Waals surface area contributed by atoms with Gasteiger partial charge in [0.05, 0.1) is 25.8 Å². The third kappa shape index (κ3) is 6.04. The number of terminal acetylenes is 1. The first-order valence-electron chi connectivity index (χ1n) is 10.3. The van der Waals surface area contributed by atoms with E-state index in [0.29, 0.717) is 48.5 Å². The molecule has 2 N–H and O–H groups in total. The molecule has 33 heavy (non-hydrogen) atoms. The maximum atomic E-state index is 12.3. The van der Waals surface area contributed by atoms with Crippen LogP contribution in [0.1, 0.15) is 12.0 Å². The van der Waals surface area contributed by atoms with Crippen LogP contribution in [-0.2, 0) is 11.3 Å². The van der Waals surface area contributed by atoms with Gasteiger partial charge in [-0.3, -0.25) is 9.69 Å². The monoisotopic (exact) mass is 467 g/mol. The molecule has 0 aliphatic carbocycles. The number of halogens is 1. The predicted molar refractivity (Wildman–Crippen MR) is 130 cm³/mol. The van der Waals surface area contributed by atoms with Crippen LogP contribution >= 0.6 is 11.6 Å². The Balaban J connectivity index is 0.00000149. The Labute approximate surface area is 198 Å². The molecule has 9 heteroatoms. The van der Waals surface area contributed by atoms with Gasteiger partial charge >= 0.3 is 0 Å². The molecule has 0 spiro atoms. The van der Waals surface area contributed by atoms with Gasteiger partial charge in [0, 0.05) is 35.3 Å². The third-order valence-corrected chi connectivity index (χ3v) is 5.24. The molecular weight excluding hydrogens is 442 g/mol. The van der Waals surface area contributed by atoms with Crippen molar-refractivity contribution >= 4 is 39.9 Å². The van der Waals surface area contributed by atoms with Crippen LogP contribution in [0.15, 0.2) is 36.7 Å². The van der Waals surface area contributed by atoms with Crippen molar-refractivity contribution in [2.45, 2.75) is 13.0 Å². The minimum Gasteiger partial charge on any atom is -0.493 e. The van der Waals surface area contributed by atoms with Crippen LogP contribution in [0, 0.1) is 12.8 Å². The molecule has 3 aromatic rings. The number of likely N-dealkylation sites (N-methyl/N-ethyl adjacent to an activating group) is 1. The molecule has 1 aromatic heterocycles. The zero-order chi connectivity index (χ0) is 23.8. The highest BCUT2D eigenvalue weighted by atomic mass is 35.5. The zero-order valence-corrected chi connectivity index (χ0v) is 19.4. The second kappa shape index (κ2) is 11.4. The minimum atomic E-state index is -0.0323. The van der Waals surface area contributed by atoms with E-state index < -0.39 is 0 Å². The first-order chi connectivity index (χ1) is 16.0. The van der Waals surface area contributed by atoms with E-state index in [2.05, 4.69) is 33.4 Å². The molecular formula is C24H26ClN5O3. The standard InChI is InChI=1S/C22H24ClN5O3.C2H2/c1-28-11-14-4-5-15(23)8-17(14)27-22-16-9-20(31-7-3-6-24-21(29)12-28)19(30-2)10-18(16)25-13-26-22;1-2/h4-5,8-10,13H,3,6-7,11-12H2,1-2H3,(H,24,29)(H,25,26,27);1-2H. The van der Waals surface area contributed by atoms with Crippen LogP contribution in [-0.4, -0.2) is 54.6 Å². The van der Waals surface area contributed by atoms with Gasteiger partial charge in [-0.05, 0) is 37.2 Å². The fraction of sp³-hybridized carbons (Fsp3) is 0.292. The summed E-state index contributed by atoms with van der Waals surface area (Å²) in [6.45, 7) is 1.82. The number of ether oxygens (including phenoxy) is 2. The number of carbonyl (C=O) groups is 1. The van der Waals surface area contributed by atoms with Crippen molar-refractivity contribution in [2.24, 2.45) is 0 Å². The number of carbonyl (C=O) groups excluding carboxylic acids is 1. The van der Waals surface area contributed by atoms with Crippen LogP contribution in [0.4, 0.5) is 11.5 Å². The maximum Gasteiger partial charge on any atom is 0.234 e. The molecule has 0 saturated heterocycles. The van der Waals surface area contributed by atoms with Gasteiger partial charge in [0.25, 0.3) is 0 Å². The van der Waals surface area contributed by atoms with Gasteiger partial charge in [-0.25, -0.2) is 9.97 Å². The molecule has 0 saturated carbocycles. The number of nitrogens with zero attached hydrogens (tertiary/aromatic N) is 3. The molecule has 0 atom stereocenters. The Morgan fingerprint density at radius 1 is 1.18 bits per heavy atom. The normalized spacial score (nSPS) is 14.8. The van der Waals surface area contributed by atoms with Gasteiger partial charge in [-0.1, -0.05) is 17.7 Å². The highest BCUT2D eigenvalue weighted by molar-refractivity contribution is 6.30. The van der Waals surface area contributed by atoms with E-state index in [4.69, 9.17) is 21.1 Å². The quantitative estimate of drug-likeness (QED) is 0.528. The summed E-state index contributed by atoms with van der Waals surface area (Å²) in [6, 6.07) is 9.33. The summed E-state index contributed by atoms with van der Waals surface area (Å²) in [6.07, 6.45) is 10.2. The van der Waals surface area contributed by atoms with Gasteiger partial charge in [0.1, 0.15) is 12.1 Å². The second-order valence-corrected chi connectivity index (χ2v) is 7.83. The van der Waals surface area contributed by atoms with E-state index >= 15 is 0 Å². The molecule has 2 aromatic carbocycles. The number of aromatic nitrogens is 2. The molecule has 172 valence electrons. The van der Waals surface area contributed by atoms with Gasteiger partial charge in [0.15, 0.2) is 11.5 Å². The van der Waals surface area contributed by atoms with Gasteiger partial charge in [-0.15, -0.1) is 12.8 Å². The second-order valence-electron chi connectivity index (χ2n) is 7.39. The molecule has 8 nitrogen and oxygen atoms in total. The van der Waals surface area contributed by atoms with Gasteiger partial charge < -0.3 is 20.1 Å². The summed E-state index contributed by atoms with van der Waals surface area (Å²) in [5.74, 6) is 1.79. The number of benzene rings is 2. The fourth-order valence-corrected chi connectivity index (χ4v) is 3.67. The van der Waals surface area contributed by atoms with E-state index in [1.165, 1.54) is 6.33 Å². The number of methoxy groups -OCH3 is 1. The van der Waals surface area contributed by atoms with Gasteiger partial charge in [0.2, 0.25) is 5.91 Å². The zero-order valence-electron chi connectivity index (χ0n) is 18.6. The maximum absolute atomic E-state index is 12.3. The van der Waals surface area contributed by atoms with Crippen LogP contribution < -0.4 is 20.1 Å². The minimum absolute atomic E-state index is 0.0323. The van der Waals surface area contributed by atoms with E-state index in [1.807, 2.05) is 42.3 Å². The SMILES string of the molecule is C#C.COc1cc2ncnc3c2cc1OCCCNC(=O)CN(C)Cc1ccc(Cl)cc1N3. The number of anilines is 2. The number of amides is 1. The summed E-state index contributed by atoms with van der Waals surface area (Å²) in [5, 5.41) is 7.73. The summed E-state index contributed by atoms with van der Waals surface area (Å²) < 4.78 is 11.4. The van der Waals surface area contributed by atoms with Crippen molar-refractivity contribution in [1.29, 1.82) is 0 Å². The van der Waals surface area contributed by atoms with Crippen LogP contribution in [0.3, 0.4) is 0 Å². The smallest absolute Gasteiger partial charge is 0.234 e. The summed E-state index contributed by atoms with van der Waals surface area (Å²) in [7, 11) is 3.50. The molecule has 2 bridgehead atoms. The van der Waals surface area contributed by atoms with Crippen molar-refractivity contribution in [2.75, 3.05) is 39.2 Å². The topological polar surface area (TPSA) is 88.6 Å². The number of hydrogen-bond donors (Lipinski definition) is 2. The number of rotatable bonds is 1. The largest absolute Gasteiger partial charge is 0.493 e. The molecule has 1 aliphatic rings. The Morgan fingerprint density at radius 2 is 2.00 bits per heavy atom. The Kier molecular flexibility index (Phi) is 8.30. The van der Waals surface area contributed by atoms with Crippen molar-refractivity contribution < 1.29 is 14.3 Å². The molecule has 0 radical (unpaired) electrons. The lowest BCUT2D eigenvalue weighted by Crippen LogP contribution is -2.35. The van der Waals surface area contributed by atoms with E-state index in [0.717, 1.165) is 22.2 Å². The van der Waals surface area contributed by atoms with E-state index in [9.17, 15) is 4.79 Å². The first kappa shape index (κ1) is 24.1. The molecule has 0 fully saturated rings. The highest BCUT2D eigenvalue weighted by Crippen LogP contribution is 2.35. The van der Waals surface area contributed by atoms with Crippen molar-refractivity contribution in [3.05, 3.63) is 47.2 Å². The van der Waals surface area contributed by atoms with Crippen molar-refractivity contribution in [3.63, 3.8) is 0 Å². The molecule has 4 rings (SSSR count). The lowest BCUT2D eigenvalue weighted by atomic mass is 10.1. The van der Waals surface area contributed by atoms with E-state index in [-0.39, 0.29) is 12.5 Å². The average molecular weight is 468 g/mol. The fourth-order valence-electron chi connectivity index (χ4n) is 3.50.